The molecular formula is C22H20Cl2N2O. The molecule has 0 saturated carbocycles. The second kappa shape index (κ2) is 7.91. The van der Waals surface area contributed by atoms with Crippen molar-refractivity contribution in [1.29, 1.82) is 0 Å². The van der Waals surface area contributed by atoms with Crippen LogP contribution in [-0.2, 0) is 13.1 Å². The van der Waals surface area contributed by atoms with Crippen LogP contribution in [0.2, 0.25) is 10.0 Å². The molecule has 0 saturated heterocycles. The van der Waals surface area contributed by atoms with Crippen molar-refractivity contribution >= 4 is 45.0 Å². The van der Waals surface area contributed by atoms with Crippen LogP contribution in [0.15, 0.2) is 66.7 Å². The number of benzene rings is 3. The average Bonchev–Trinajstić information content (AvgIpc) is 2.99. The lowest BCUT2D eigenvalue weighted by Gasteiger charge is -2.15. The monoisotopic (exact) mass is 398 g/mol. The van der Waals surface area contributed by atoms with Crippen molar-refractivity contribution in [3.63, 3.8) is 0 Å². The lowest BCUT2D eigenvalue weighted by molar-refractivity contribution is 0.154. The van der Waals surface area contributed by atoms with Gasteiger partial charge in [-0.3, -0.25) is 0 Å². The zero-order chi connectivity index (χ0) is 18.8. The van der Waals surface area contributed by atoms with E-state index in [4.69, 9.17) is 23.2 Å². The Balaban J connectivity index is 1.47. The van der Waals surface area contributed by atoms with Crippen LogP contribution in [0.5, 0.6) is 0 Å². The standard InChI is InChI=1S/C22H20Cl2N2O/c23-19-10-9-15(11-20(19)24)12-25-13-16(27)14-26-21-7-3-1-5-17(21)18-6-2-4-8-22(18)26/h1-11,16,25,27H,12-14H2. The summed E-state index contributed by atoms with van der Waals surface area (Å²) in [5, 5.41) is 17.4. The maximum absolute atomic E-state index is 10.6. The molecular weight excluding hydrogens is 379 g/mol. The molecule has 0 fully saturated rings. The first kappa shape index (κ1) is 18.3. The number of hydrogen-bond donors (Lipinski definition) is 2. The predicted octanol–water partition coefficient (Wildman–Crippen LogP) is 5.25. The summed E-state index contributed by atoms with van der Waals surface area (Å²) in [5.41, 5.74) is 3.32. The van der Waals surface area contributed by atoms with Crippen LogP contribution in [0, 0.1) is 0 Å². The summed E-state index contributed by atoms with van der Waals surface area (Å²) < 4.78 is 2.19. The molecule has 0 spiro atoms. The van der Waals surface area contributed by atoms with Gasteiger partial charge in [-0.2, -0.15) is 0 Å². The first-order valence-electron chi connectivity index (χ1n) is 8.92. The van der Waals surface area contributed by atoms with Crippen LogP contribution in [0.25, 0.3) is 21.8 Å². The van der Waals surface area contributed by atoms with Crippen molar-refractivity contribution in [2.24, 2.45) is 0 Å². The number of para-hydroxylation sites is 2. The van der Waals surface area contributed by atoms with E-state index in [0.717, 1.165) is 16.6 Å². The molecule has 138 valence electrons. The van der Waals surface area contributed by atoms with E-state index in [-0.39, 0.29) is 0 Å². The fraction of sp³-hybridized carbons (Fsp3) is 0.182. The van der Waals surface area contributed by atoms with Gasteiger partial charge in [-0.15, -0.1) is 0 Å². The molecule has 27 heavy (non-hydrogen) atoms. The molecule has 5 heteroatoms. The van der Waals surface area contributed by atoms with Gasteiger partial charge in [0.15, 0.2) is 0 Å². The number of rotatable bonds is 6. The summed E-state index contributed by atoms with van der Waals surface area (Å²) in [6.07, 6.45) is -0.507. The van der Waals surface area contributed by atoms with E-state index in [1.54, 1.807) is 6.07 Å². The third-order valence-corrected chi connectivity index (χ3v) is 5.51. The summed E-state index contributed by atoms with van der Waals surface area (Å²) in [4.78, 5) is 0. The number of aliphatic hydroxyl groups is 1. The SMILES string of the molecule is OC(CNCc1ccc(Cl)c(Cl)c1)Cn1c2ccccc2c2ccccc21. The first-order valence-corrected chi connectivity index (χ1v) is 9.68. The van der Waals surface area contributed by atoms with E-state index < -0.39 is 6.10 Å². The lowest BCUT2D eigenvalue weighted by atomic mass is 10.2. The zero-order valence-corrected chi connectivity index (χ0v) is 16.2. The Morgan fingerprint density at radius 2 is 1.48 bits per heavy atom. The highest BCUT2D eigenvalue weighted by molar-refractivity contribution is 6.42. The fourth-order valence-electron chi connectivity index (χ4n) is 3.51. The Hall–Kier alpha value is -2.04. The Morgan fingerprint density at radius 1 is 0.852 bits per heavy atom. The van der Waals surface area contributed by atoms with Crippen molar-refractivity contribution in [1.82, 2.24) is 9.88 Å². The predicted molar refractivity (Wildman–Crippen MR) is 114 cm³/mol. The van der Waals surface area contributed by atoms with Gasteiger partial charge < -0.3 is 15.0 Å². The highest BCUT2D eigenvalue weighted by Gasteiger charge is 2.13. The molecule has 1 atom stereocenters. The lowest BCUT2D eigenvalue weighted by Crippen LogP contribution is -2.30. The van der Waals surface area contributed by atoms with Gasteiger partial charge in [0.1, 0.15) is 0 Å². The van der Waals surface area contributed by atoms with Gasteiger partial charge in [-0.1, -0.05) is 65.7 Å². The summed E-state index contributed by atoms with van der Waals surface area (Å²) in [6.45, 7) is 1.64. The molecule has 3 nitrogen and oxygen atoms in total. The normalized spacial score (nSPS) is 12.7. The average molecular weight is 399 g/mol. The van der Waals surface area contributed by atoms with Crippen molar-refractivity contribution < 1.29 is 5.11 Å². The minimum absolute atomic E-state index is 0.487. The Labute approximate surface area is 168 Å². The molecule has 0 aliphatic carbocycles. The fourth-order valence-corrected chi connectivity index (χ4v) is 3.83. The summed E-state index contributed by atoms with van der Waals surface area (Å²) in [5.74, 6) is 0. The van der Waals surface area contributed by atoms with Gasteiger partial charge in [0, 0.05) is 34.9 Å². The van der Waals surface area contributed by atoms with Gasteiger partial charge in [-0.25, -0.2) is 0 Å². The molecule has 3 aromatic carbocycles. The number of halogens is 2. The van der Waals surface area contributed by atoms with E-state index >= 15 is 0 Å². The molecule has 4 aromatic rings. The number of hydrogen-bond acceptors (Lipinski definition) is 2. The van der Waals surface area contributed by atoms with Gasteiger partial charge >= 0.3 is 0 Å². The third-order valence-electron chi connectivity index (χ3n) is 4.77. The third kappa shape index (κ3) is 3.83. The van der Waals surface area contributed by atoms with Crippen LogP contribution in [0.4, 0.5) is 0 Å². The smallest absolute Gasteiger partial charge is 0.0843 e. The second-order valence-corrected chi connectivity index (χ2v) is 7.49. The maximum atomic E-state index is 10.6. The van der Waals surface area contributed by atoms with E-state index in [0.29, 0.717) is 29.7 Å². The molecule has 2 N–H and O–H groups in total. The van der Waals surface area contributed by atoms with Crippen LogP contribution < -0.4 is 5.32 Å². The van der Waals surface area contributed by atoms with Crippen molar-refractivity contribution in [2.75, 3.05) is 6.54 Å². The molecule has 0 radical (unpaired) electrons. The minimum Gasteiger partial charge on any atom is -0.390 e. The number of fused-ring (bicyclic) bond motifs is 3. The van der Waals surface area contributed by atoms with Gasteiger partial charge in [0.2, 0.25) is 0 Å². The number of nitrogens with one attached hydrogen (secondary N) is 1. The van der Waals surface area contributed by atoms with Crippen LogP contribution in [-0.4, -0.2) is 22.3 Å². The van der Waals surface area contributed by atoms with Crippen molar-refractivity contribution in [3.8, 4) is 0 Å². The van der Waals surface area contributed by atoms with Crippen molar-refractivity contribution in [3.05, 3.63) is 82.3 Å². The molecule has 1 heterocycles. The van der Waals surface area contributed by atoms with Crippen molar-refractivity contribution in [2.45, 2.75) is 19.2 Å². The topological polar surface area (TPSA) is 37.2 Å². The molecule has 0 aliphatic heterocycles. The second-order valence-electron chi connectivity index (χ2n) is 6.68. The molecule has 0 aliphatic rings. The maximum Gasteiger partial charge on any atom is 0.0843 e. The largest absolute Gasteiger partial charge is 0.390 e. The van der Waals surface area contributed by atoms with E-state index in [2.05, 4.69) is 34.1 Å². The Bertz CT molecular complexity index is 1040. The number of aliphatic hydroxyl groups excluding tert-OH is 1. The molecule has 0 amide bonds. The highest BCUT2D eigenvalue weighted by Crippen LogP contribution is 2.28. The summed E-state index contributed by atoms with van der Waals surface area (Å²) in [7, 11) is 0. The van der Waals surface area contributed by atoms with Gasteiger partial charge in [-0.05, 0) is 29.8 Å². The molecule has 0 bridgehead atoms. The highest BCUT2D eigenvalue weighted by atomic mass is 35.5. The van der Waals surface area contributed by atoms with Gasteiger partial charge in [0.05, 0.1) is 22.7 Å². The van der Waals surface area contributed by atoms with Gasteiger partial charge in [0.25, 0.3) is 0 Å². The molecule has 1 aromatic heterocycles. The molecule has 1 unspecified atom stereocenters. The first-order chi connectivity index (χ1) is 13.1. The Kier molecular flexibility index (Phi) is 5.37. The van der Waals surface area contributed by atoms with Crippen LogP contribution in [0.3, 0.4) is 0 Å². The number of aromatic nitrogens is 1. The van der Waals surface area contributed by atoms with Crippen LogP contribution in [0.1, 0.15) is 5.56 Å². The number of nitrogens with zero attached hydrogens (tertiary/aromatic N) is 1. The summed E-state index contributed by atoms with van der Waals surface area (Å²) in [6, 6.07) is 22.2. The van der Waals surface area contributed by atoms with E-state index in [9.17, 15) is 5.11 Å². The Morgan fingerprint density at radius 3 is 2.11 bits per heavy atom. The zero-order valence-electron chi connectivity index (χ0n) is 14.7. The quantitative estimate of drug-likeness (QED) is 0.465. The minimum atomic E-state index is -0.507. The van der Waals surface area contributed by atoms with E-state index in [1.165, 1.54) is 10.8 Å². The van der Waals surface area contributed by atoms with E-state index in [1.807, 2.05) is 36.4 Å². The summed E-state index contributed by atoms with van der Waals surface area (Å²) >= 11 is 12.0. The molecule has 4 rings (SSSR count). The van der Waals surface area contributed by atoms with Crippen LogP contribution >= 0.6 is 23.2 Å².